The Bertz CT molecular complexity index is 696. The van der Waals surface area contributed by atoms with Crippen LogP contribution in [0.25, 0.3) is 0 Å². The van der Waals surface area contributed by atoms with Gasteiger partial charge >= 0.3 is 6.09 Å². The molecule has 0 aromatic heterocycles. The van der Waals surface area contributed by atoms with E-state index in [1.54, 1.807) is 25.3 Å². The summed E-state index contributed by atoms with van der Waals surface area (Å²) in [7, 11) is 1.61. The Morgan fingerprint density at radius 2 is 1.84 bits per heavy atom. The molecule has 5 heteroatoms. The van der Waals surface area contributed by atoms with Gasteiger partial charge in [-0.15, -0.1) is 0 Å². The highest BCUT2D eigenvalue weighted by Crippen LogP contribution is 2.33. The summed E-state index contributed by atoms with van der Waals surface area (Å²) in [5.74, 6) is 1.31. The van der Waals surface area contributed by atoms with Crippen molar-refractivity contribution in [3.8, 4) is 11.5 Å². The zero-order chi connectivity index (χ0) is 17.5. The zero-order valence-corrected chi connectivity index (χ0v) is 14.4. The van der Waals surface area contributed by atoms with Crippen LogP contribution in [-0.2, 0) is 11.3 Å². The van der Waals surface area contributed by atoms with Crippen LogP contribution >= 0.6 is 0 Å². The molecule has 5 nitrogen and oxygen atoms in total. The van der Waals surface area contributed by atoms with Gasteiger partial charge in [0.2, 0.25) is 0 Å². The molecule has 0 aliphatic heterocycles. The molecule has 0 heterocycles. The fraction of sp³-hybridized carbons (Fsp3) is 0.350. The smallest absolute Gasteiger partial charge is 0.411 e. The Morgan fingerprint density at radius 3 is 2.56 bits per heavy atom. The quantitative estimate of drug-likeness (QED) is 0.822. The van der Waals surface area contributed by atoms with Crippen LogP contribution in [0.1, 0.15) is 31.2 Å². The van der Waals surface area contributed by atoms with Crippen LogP contribution in [0.5, 0.6) is 11.5 Å². The molecule has 1 fully saturated rings. The molecule has 132 valence electrons. The number of methoxy groups -OCH3 is 1. The van der Waals surface area contributed by atoms with Crippen LogP contribution in [0.2, 0.25) is 0 Å². The van der Waals surface area contributed by atoms with E-state index in [1.165, 1.54) is 12.8 Å². The second-order valence-electron chi connectivity index (χ2n) is 6.08. The van der Waals surface area contributed by atoms with Crippen LogP contribution in [0.4, 0.5) is 10.5 Å². The Balaban J connectivity index is 1.60. The number of hydrogen-bond acceptors (Lipinski definition) is 4. The van der Waals surface area contributed by atoms with E-state index < -0.39 is 6.09 Å². The van der Waals surface area contributed by atoms with E-state index in [0.29, 0.717) is 17.2 Å². The number of amides is 1. The van der Waals surface area contributed by atoms with Crippen LogP contribution in [0.3, 0.4) is 0 Å². The summed E-state index contributed by atoms with van der Waals surface area (Å²) in [4.78, 5) is 12.0. The van der Waals surface area contributed by atoms with Crippen molar-refractivity contribution in [3.63, 3.8) is 0 Å². The topological polar surface area (TPSA) is 56.8 Å². The van der Waals surface area contributed by atoms with E-state index in [4.69, 9.17) is 14.2 Å². The van der Waals surface area contributed by atoms with E-state index in [9.17, 15) is 4.79 Å². The third-order valence-corrected chi connectivity index (χ3v) is 4.22. The Morgan fingerprint density at radius 1 is 1.08 bits per heavy atom. The van der Waals surface area contributed by atoms with Crippen molar-refractivity contribution in [1.82, 2.24) is 0 Å². The fourth-order valence-corrected chi connectivity index (χ4v) is 2.91. The zero-order valence-electron chi connectivity index (χ0n) is 14.4. The maximum atomic E-state index is 12.0. The summed E-state index contributed by atoms with van der Waals surface area (Å²) in [5.41, 5.74) is 1.56. The molecule has 1 N–H and O–H groups in total. The molecular formula is C20H23NO4. The predicted octanol–water partition coefficient (Wildman–Crippen LogP) is 4.77. The van der Waals surface area contributed by atoms with Crippen molar-refractivity contribution in [2.24, 2.45) is 0 Å². The molecule has 1 aliphatic rings. The first-order valence-corrected chi connectivity index (χ1v) is 8.57. The first-order valence-electron chi connectivity index (χ1n) is 8.57. The number of anilines is 1. The molecule has 0 radical (unpaired) electrons. The Hall–Kier alpha value is -2.69. The van der Waals surface area contributed by atoms with Gasteiger partial charge in [-0.05, 0) is 43.4 Å². The number of benzene rings is 2. The molecule has 0 bridgehead atoms. The van der Waals surface area contributed by atoms with Gasteiger partial charge in [0, 0.05) is 11.8 Å². The van der Waals surface area contributed by atoms with Crippen LogP contribution in [0.15, 0.2) is 48.5 Å². The Labute approximate surface area is 147 Å². The predicted molar refractivity (Wildman–Crippen MR) is 96.1 cm³/mol. The lowest BCUT2D eigenvalue weighted by atomic mass is 10.2. The minimum atomic E-state index is -0.499. The highest BCUT2D eigenvalue weighted by atomic mass is 16.5. The maximum Gasteiger partial charge on any atom is 0.411 e. The molecule has 0 unspecified atom stereocenters. The summed E-state index contributed by atoms with van der Waals surface area (Å²) in [6, 6.07) is 14.9. The molecule has 1 amide bonds. The number of hydrogen-bond donors (Lipinski definition) is 1. The van der Waals surface area contributed by atoms with Crippen LogP contribution in [0, 0.1) is 0 Å². The van der Waals surface area contributed by atoms with Gasteiger partial charge in [0.05, 0.1) is 13.2 Å². The number of rotatable bonds is 6. The van der Waals surface area contributed by atoms with Crippen LogP contribution < -0.4 is 14.8 Å². The normalized spacial score (nSPS) is 14.1. The molecule has 0 saturated heterocycles. The van der Waals surface area contributed by atoms with Gasteiger partial charge in [-0.3, -0.25) is 5.32 Å². The van der Waals surface area contributed by atoms with Gasteiger partial charge in [-0.2, -0.15) is 0 Å². The van der Waals surface area contributed by atoms with Gasteiger partial charge in [0.1, 0.15) is 6.61 Å². The minimum Gasteiger partial charge on any atom is -0.493 e. The second-order valence-corrected chi connectivity index (χ2v) is 6.08. The van der Waals surface area contributed by atoms with Gasteiger partial charge in [0.15, 0.2) is 11.5 Å². The molecule has 0 spiro atoms. The average Bonchev–Trinajstić information content (AvgIpc) is 3.14. The second kappa shape index (κ2) is 8.42. The van der Waals surface area contributed by atoms with Crippen molar-refractivity contribution in [2.75, 3.05) is 12.4 Å². The summed E-state index contributed by atoms with van der Waals surface area (Å²) in [6.07, 6.45) is 4.21. The standard InChI is InChI=1S/C20H23NO4/c1-23-18-12-11-16(13-19(18)25-17-9-5-6-10-17)21-20(22)24-14-15-7-3-2-4-8-15/h2-4,7-8,11-13,17H,5-6,9-10,14H2,1H3,(H,21,22). The lowest BCUT2D eigenvalue weighted by molar-refractivity contribution is 0.155. The van der Waals surface area contributed by atoms with Gasteiger partial charge in [-0.1, -0.05) is 30.3 Å². The largest absolute Gasteiger partial charge is 0.493 e. The lowest BCUT2D eigenvalue weighted by Gasteiger charge is -2.17. The molecule has 25 heavy (non-hydrogen) atoms. The summed E-state index contributed by atoms with van der Waals surface area (Å²) >= 11 is 0. The SMILES string of the molecule is COc1ccc(NC(=O)OCc2ccccc2)cc1OC1CCCC1. The fourth-order valence-electron chi connectivity index (χ4n) is 2.91. The third kappa shape index (κ3) is 4.89. The van der Waals surface area contributed by atoms with Gasteiger partial charge in [-0.25, -0.2) is 4.79 Å². The minimum absolute atomic E-state index is 0.217. The number of carbonyl (C=O) groups excluding carboxylic acids is 1. The van der Waals surface area contributed by atoms with E-state index in [-0.39, 0.29) is 12.7 Å². The molecule has 1 saturated carbocycles. The number of ether oxygens (including phenoxy) is 3. The average molecular weight is 341 g/mol. The van der Waals surface area contributed by atoms with E-state index in [2.05, 4.69) is 5.32 Å². The van der Waals surface area contributed by atoms with Crippen molar-refractivity contribution >= 4 is 11.8 Å². The van der Waals surface area contributed by atoms with E-state index in [0.717, 1.165) is 18.4 Å². The Kier molecular flexibility index (Phi) is 5.77. The van der Waals surface area contributed by atoms with Gasteiger partial charge < -0.3 is 14.2 Å². The number of carbonyl (C=O) groups is 1. The van der Waals surface area contributed by atoms with E-state index in [1.807, 2.05) is 30.3 Å². The van der Waals surface area contributed by atoms with E-state index >= 15 is 0 Å². The molecular weight excluding hydrogens is 318 g/mol. The summed E-state index contributed by atoms with van der Waals surface area (Å²) in [5, 5.41) is 2.73. The van der Waals surface area contributed by atoms with Crippen molar-refractivity contribution < 1.29 is 19.0 Å². The highest BCUT2D eigenvalue weighted by Gasteiger charge is 2.19. The molecule has 1 aliphatic carbocycles. The number of nitrogens with one attached hydrogen (secondary N) is 1. The molecule has 3 rings (SSSR count). The molecule has 2 aromatic carbocycles. The van der Waals surface area contributed by atoms with Crippen LogP contribution in [-0.4, -0.2) is 19.3 Å². The lowest BCUT2D eigenvalue weighted by Crippen LogP contribution is -2.15. The van der Waals surface area contributed by atoms with Crippen molar-refractivity contribution in [3.05, 3.63) is 54.1 Å². The third-order valence-electron chi connectivity index (χ3n) is 4.22. The van der Waals surface area contributed by atoms with Gasteiger partial charge in [0.25, 0.3) is 0 Å². The summed E-state index contributed by atoms with van der Waals surface area (Å²) in [6.45, 7) is 0.230. The monoisotopic (exact) mass is 341 g/mol. The highest BCUT2D eigenvalue weighted by molar-refractivity contribution is 5.85. The first kappa shape index (κ1) is 17.1. The summed E-state index contributed by atoms with van der Waals surface area (Å²) < 4.78 is 16.6. The molecule has 0 atom stereocenters. The van der Waals surface area contributed by atoms with Crippen molar-refractivity contribution in [2.45, 2.75) is 38.4 Å². The first-order chi connectivity index (χ1) is 12.2. The van der Waals surface area contributed by atoms with Crippen molar-refractivity contribution in [1.29, 1.82) is 0 Å². The molecule has 2 aromatic rings. The maximum absolute atomic E-state index is 12.0.